The van der Waals surface area contributed by atoms with E-state index in [0.29, 0.717) is 41.8 Å². The summed E-state index contributed by atoms with van der Waals surface area (Å²) in [6.45, 7) is 1.78. The van der Waals surface area contributed by atoms with Gasteiger partial charge in [0, 0.05) is 32.4 Å². The Morgan fingerprint density at radius 3 is 2.77 bits per heavy atom. The molecule has 0 radical (unpaired) electrons. The monoisotopic (exact) mass is 343 g/mol. The highest BCUT2D eigenvalue weighted by molar-refractivity contribution is 6.42. The molecule has 1 heterocycles. The Morgan fingerprint density at radius 2 is 2.14 bits per heavy atom. The summed E-state index contributed by atoms with van der Waals surface area (Å²) < 4.78 is 0. The lowest BCUT2D eigenvalue weighted by atomic mass is 10.1. The molecule has 0 aliphatic carbocycles. The topological polar surface area (TPSA) is 52.7 Å². The molecule has 1 unspecified atom stereocenters. The van der Waals surface area contributed by atoms with E-state index in [2.05, 4.69) is 5.32 Å². The molecular formula is C15H19Cl2N3O2. The first-order valence-electron chi connectivity index (χ1n) is 7.11. The van der Waals surface area contributed by atoms with E-state index in [4.69, 9.17) is 23.2 Å². The van der Waals surface area contributed by atoms with Gasteiger partial charge in [0.2, 0.25) is 11.8 Å². The summed E-state index contributed by atoms with van der Waals surface area (Å²) in [4.78, 5) is 28.1. The quantitative estimate of drug-likeness (QED) is 0.832. The van der Waals surface area contributed by atoms with E-state index in [-0.39, 0.29) is 11.8 Å². The van der Waals surface area contributed by atoms with Crippen molar-refractivity contribution in [2.24, 2.45) is 5.92 Å². The van der Waals surface area contributed by atoms with Gasteiger partial charge in [-0.05, 0) is 31.7 Å². The van der Waals surface area contributed by atoms with Crippen LogP contribution in [-0.4, -0.2) is 50.4 Å². The van der Waals surface area contributed by atoms with E-state index in [1.807, 2.05) is 7.05 Å². The fraction of sp³-hybridized carbons (Fsp3) is 0.467. The van der Waals surface area contributed by atoms with Gasteiger partial charge in [-0.3, -0.25) is 9.59 Å². The Hall–Kier alpha value is -1.30. The van der Waals surface area contributed by atoms with Crippen LogP contribution in [0.15, 0.2) is 18.2 Å². The van der Waals surface area contributed by atoms with Gasteiger partial charge < -0.3 is 15.1 Å². The summed E-state index contributed by atoms with van der Waals surface area (Å²) in [7, 11) is 3.54. The maximum atomic E-state index is 12.5. The smallest absolute Gasteiger partial charge is 0.239 e. The fourth-order valence-electron chi connectivity index (χ4n) is 2.47. The number of halogens is 2. The van der Waals surface area contributed by atoms with E-state index in [0.717, 1.165) is 0 Å². The first-order chi connectivity index (χ1) is 10.5. The number of nitrogens with one attached hydrogen (secondary N) is 1. The number of hydrogen-bond donors (Lipinski definition) is 1. The fourth-order valence-corrected chi connectivity index (χ4v) is 2.77. The van der Waals surface area contributed by atoms with Crippen LogP contribution in [0.5, 0.6) is 0 Å². The molecular weight excluding hydrogens is 325 g/mol. The molecule has 1 N–H and O–H groups in total. The van der Waals surface area contributed by atoms with E-state index in [1.165, 1.54) is 0 Å². The number of carbonyl (C=O) groups excluding carboxylic acids is 2. The van der Waals surface area contributed by atoms with E-state index in [9.17, 15) is 9.59 Å². The van der Waals surface area contributed by atoms with Gasteiger partial charge in [0.25, 0.3) is 0 Å². The summed E-state index contributed by atoms with van der Waals surface area (Å²) in [5.74, 6) is -0.932. The number of rotatable bonds is 5. The molecule has 1 fully saturated rings. The minimum absolute atomic E-state index is 0.136. The Balaban J connectivity index is 2.09. The maximum Gasteiger partial charge on any atom is 0.239 e. The van der Waals surface area contributed by atoms with Crippen molar-refractivity contribution in [3.8, 4) is 0 Å². The van der Waals surface area contributed by atoms with Gasteiger partial charge in [0.1, 0.15) is 5.92 Å². The summed E-state index contributed by atoms with van der Waals surface area (Å²) in [6.07, 6.45) is 0.516. The summed E-state index contributed by atoms with van der Waals surface area (Å²) in [5.41, 5.74) is 0.674. The van der Waals surface area contributed by atoms with Gasteiger partial charge in [-0.25, -0.2) is 0 Å². The zero-order valence-corrected chi connectivity index (χ0v) is 14.1. The molecule has 1 saturated heterocycles. The van der Waals surface area contributed by atoms with E-state index < -0.39 is 5.92 Å². The summed E-state index contributed by atoms with van der Waals surface area (Å²) in [5, 5.41) is 3.82. The van der Waals surface area contributed by atoms with Crippen LogP contribution in [0.4, 0.5) is 5.69 Å². The van der Waals surface area contributed by atoms with Crippen LogP contribution < -0.4 is 10.2 Å². The number of hydrogen-bond acceptors (Lipinski definition) is 3. The minimum Gasteiger partial charge on any atom is -0.344 e. The zero-order valence-electron chi connectivity index (χ0n) is 12.6. The molecule has 0 spiro atoms. The summed E-state index contributed by atoms with van der Waals surface area (Å²) in [6, 6.07) is 5.05. The third kappa shape index (κ3) is 3.54. The van der Waals surface area contributed by atoms with Crippen molar-refractivity contribution in [2.75, 3.05) is 38.6 Å². The molecule has 1 aliphatic heterocycles. The third-order valence-electron chi connectivity index (χ3n) is 3.79. The van der Waals surface area contributed by atoms with Crippen LogP contribution in [0.1, 0.15) is 6.42 Å². The third-order valence-corrected chi connectivity index (χ3v) is 4.53. The van der Waals surface area contributed by atoms with Crippen LogP contribution in [0.2, 0.25) is 10.0 Å². The highest BCUT2D eigenvalue weighted by atomic mass is 35.5. The van der Waals surface area contributed by atoms with Crippen molar-refractivity contribution < 1.29 is 9.59 Å². The second-order valence-corrected chi connectivity index (χ2v) is 6.11. The molecule has 0 aromatic heterocycles. The van der Waals surface area contributed by atoms with Crippen LogP contribution in [0.25, 0.3) is 0 Å². The standard InChI is InChI=1S/C15H19Cl2N3O2/c1-18-6-8-19(2)14(21)11-5-7-20(15(11)22)10-3-4-12(16)13(17)9-10/h3-4,9,11,18H,5-8H2,1-2H3. The number of anilines is 1. The predicted molar refractivity (Wildman–Crippen MR) is 88.5 cm³/mol. The molecule has 0 bridgehead atoms. The first kappa shape index (κ1) is 17.1. The van der Waals surface area contributed by atoms with Gasteiger partial charge in [-0.1, -0.05) is 23.2 Å². The largest absolute Gasteiger partial charge is 0.344 e. The van der Waals surface area contributed by atoms with Crippen molar-refractivity contribution in [2.45, 2.75) is 6.42 Å². The second kappa shape index (κ2) is 7.31. The molecule has 120 valence electrons. The molecule has 2 amide bonds. The second-order valence-electron chi connectivity index (χ2n) is 5.29. The lowest BCUT2D eigenvalue weighted by Gasteiger charge is -2.21. The molecule has 1 aromatic carbocycles. The van der Waals surface area contributed by atoms with Gasteiger partial charge in [0.15, 0.2) is 0 Å². The molecule has 1 aromatic rings. The molecule has 7 heteroatoms. The minimum atomic E-state index is -0.615. The van der Waals surface area contributed by atoms with Crippen LogP contribution in [-0.2, 0) is 9.59 Å². The lowest BCUT2D eigenvalue weighted by Crippen LogP contribution is -2.40. The SMILES string of the molecule is CNCCN(C)C(=O)C1CCN(c2ccc(Cl)c(Cl)c2)C1=O. The number of amides is 2. The van der Waals surface area contributed by atoms with Gasteiger partial charge >= 0.3 is 0 Å². The van der Waals surface area contributed by atoms with Crippen LogP contribution >= 0.6 is 23.2 Å². The van der Waals surface area contributed by atoms with Crippen LogP contribution in [0.3, 0.4) is 0 Å². The Morgan fingerprint density at radius 1 is 1.41 bits per heavy atom. The van der Waals surface area contributed by atoms with Crippen LogP contribution in [0, 0.1) is 5.92 Å². The normalized spacial score (nSPS) is 17.9. The molecule has 5 nitrogen and oxygen atoms in total. The lowest BCUT2D eigenvalue weighted by molar-refractivity contribution is -0.138. The van der Waals surface area contributed by atoms with E-state index >= 15 is 0 Å². The Bertz CT molecular complexity index is 580. The molecule has 22 heavy (non-hydrogen) atoms. The average Bonchev–Trinajstić information content (AvgIpc) is 2.88. The average molecular weight is 344 g/mol. The van der Waals surface area contributed by atoms with Crippen molar-refractivity contribution >= 4 is 40.7 Å². The maximum absolute atomic E-state index is 12.5. The van der Waals surface area contributed by atoms with Crippen molar-refractivity contribution in [3.63, 3.8) is 0 Å². The number of benzene rings is 1. The first-order valence-corrected chi connectivity index (χ1v) is 7.87. The molecule has 0 saturated carbocycles. The molecule has 1 aliphatic rings. The van der Waals surface area contributed by atoms with Crippen molar-refractivity contribution in [1.82, 2.24) is 10.2 Å². The Labute approximate surface area is 140 Å². The van der Waals surface area contributed by atoms with Crippen molar-refractivity contribution in [3.05, 3.63) is 28.2 Å². The van der Waals surface area contributed by atoms with Gasteiger partial charge in [-0.2, -0.15) is 0 Å². The van der Waals surface area contributed by atoms with E-state index in [1.54, 1.807) is 35.0 Å². The zero-order chi connectivity index (χ0) is 16.3. The number of carbonyl (C=O) groups is 2. The highest BCUT2D eigenvalue weighted by Crippen LogP contribution is 2.31. The predicted octanol–water partition coefficient (Wildman–Crippen LogP) is 2.02. The highest BCUT2D eigenvalue weighted by Gasteiger charge is 2.38. The number of likely N-dealkylation sites (N-methyl/N-ethyl adjacent to an activating group) is 2. The van der Waals surface area contributed by atoms with Gasteiger partial charge in [0.05, 0.1) is 10.0 Å². The van der Waals surface area contributed by atoms with Gasteiger partial charge in [-0.15, -0.1) is 0 Å². The molecule has 2 rings (SSSR count). The van der Waals surface area contributed by atoms with Crippen molar-refractivity contribution in [1.29, 1.82) is 0 Å². The number of nitrogens with zero attached hydrogens (tertiary/aromatic N) is 2. The summed E-state index contributed by atoms with van der Waals surface area (Å²) >= 11 is 11.9. The molecule has 1 atom stereocenters. The Kier molecular flexibility index (Phi) is 5.67.